The van der Waals surface area contributed by atoms with Gasteiger partial charge in [-0.25, -0.2) is 9.97 Å². The van der Waals surface area contributed by atoms with Gasteiger partial charge in [-0.1, -0.05) is 11.8 Å². The fraction of sp³-hybridized carbons (Fsp3) is 0.154. The molecule has 2 aromatic rings. The van der Waals surface area contributed by atoms with E-state index < -0.39 is 11.7 Å². The molecule has 0 radical (unpaired) electrons. The topological polar surface area (TPSA) is 49.6 Å². The Balaban J connectivity index is 2.37. The standard InChI is InChI=1S/C13H8F3N3S/c1-8-4-12(19-7-18-8)20-10-3-2-9(6-17)11(5-10)13(14,15)16/h2-5,7H,1H3. The van der Waals surface area contributed by atoms with Crippen LogP contribution in [0.25, 0.3) is 0 Å². The van der Waals surface area contributed by atoms with Gasteiger partial charge in [-0.2, -0.15) is 18.4 Å². The van der Waals surface area contributed by atoms with Crippen LogP contribution < -0.4 is 0 Å². The molecular formula is C13H8F3N3S. The molecule has 1 aromatic carbocycles. The Bertz CT molecular complexity index is 677. The molecule has 20 heavy (non-hydrogen) atoms. The van der Waals surface area contributed by atoms with Gasteiger partial charge < -0.3 is 0 Å². The van der Waals surface area contributed by atoms with Crippen LogP contribution >= 0.6 is 11.8 Å². The second kappa shape index (κ2) is 5.51. The van der Waals surface area contributed by atoms with Crippen molar-refractivity contribution in [3.63, 3.8) is 0 Å². The Morgan fingerprint density at radius 1 is 1.20 bits per heavy atom. The van der Waals surface area contributed by atoms with Crippen molar-refractivity contribution in [2.45, 2.75) is 23.0 Å². The maximum absolute atomic E-state index is 12.8. The smallest absolute Gasteiger partial charge is 0.242 e. The molecule has 0 fully saturated rings. The van der Waals surface area contributed by atoms with Crippen LogP contribution in [0.15, 0.2) is 40.5 Å². The van der Waals surface area contributed by atoms with Gasteiger partial charge in [-0.3, -0.25) is 0 Å². The summed E-state index contributed by atoms with van der Waals surface area (Å²) in [6.45, 7) is 1.77. The number of rotatable bonds is 2. The van der Waals surface area contributed by atoms with E-state index in [-0.39, 0.29) is 5.56 Å². The monoisotopic (exact) mass is 295 g/mol. The molecule has 2 rings (SSSR count). The molecular weight excluding hydrogens is 287 g/mol. The van der Waals surface area contributed by atoms with Crippen molar-refractivity contribution in [2.24, 2.45) is 0 Å². The summed E-state index contributed by atoms with van der Waals surface area (Å²) in [5, 5.41) is 9.27. The fourth-order valence-corrected chi connectivity index (χ4v) is 2.41. The Hall–Kier alpha value is -2.07. The van der Waals surface area contributed by atoms with E-state index >= 15 is 0 Å². The van der Waals surface area contributed by atoms with Crippen LogP contribution in [-0.4, -0.2) is 9.97 Å². The summed E-state index contributed by atoms with van der Waals surface area (Å²) in [5.74, 6) is 0. The first-order chi connectivity index (χ1) is 9.40. The molecule has 0 aliphatic heterocycles. The normalized spacial score (nSPS) is 11.2. The number of alkyl halides is 3. The zero-order valence-electron chi connectivity index (χ0n) is 10.3. The third-order valence-electron chi connectivity index (χ3n) is 2.42. The summed E-state index contributed by atoms with van der Waals surface area (Å²) in [6, 6.07) is 6.82. The van der Waals surface area contributed by atoms with E-state index in [0.717, 1.165) is 23.5 Å². The lowest BCUT2D eigenvalue weighted by molar-refractivity contribution is -0.137. The molecule has 0 atom stereocenters. The highest BCUT2D eigenvalue weighted by molar-refractivity contribution is 7.99. The van der Waals surface area contributed by atoms with Gasteiger partial charge in [0.2, 0.25) is 0 Å². The van der Waals surface area contributed by atoms with Gasteiger partial charge in [-0.15, -0.1) is 0 Å². The fourth-order valence-electron chi connectivity index (χ4n) is 1.53. The van der Waals surface area contributed by atoms with Crippen LogP contribution in [-0.2, 0) is 6.18 Å². The van der Waals surface area contributed by atoms with E-state index in [1.807, 2.05) is 0 Å². The van der Waals surface area contributed by atoms with Gasteiger partial charge in [0.1, 0.15) is 11.4 Å². The number of aromatic nitrogens is 2. The highest BCUT2D eigenvalue weighted by Gasteiger charge is 2.33. The molecule has 0 N–H and O–H groups in total. The average molecular weight is 295 g/mol. The quantitative estimate of drug-likeness (QED) is 0.790. The zero-order valence-corrected chi connectivity index (χ0v) is 11.1. The van der Waals surface area contributed by atoms with Crippen LogP contribution in [0, 0.1) is 18.3 Å². The van der Waals surface area contributed by atoms with Crippen LogP contribution in [0.2, 0.25) is 0 Å². The summed E-state index contributed by atoms with van der Waals surface area (Å²) in [6.07, 6.45) is -3.20. The first-order valence-electron chi connectivity index (χ1n) is 5.48. The Morgan fingerprint density at radius 3 is 2.55 bits per heavy atom. The largest absolute Gasteiger partial charge is 0.417 e. The van der Waals surface area contributed by atoms with Crippen molar-refractivity contribution in [1.82, 2.24) is 9.97 Å². The summed E-state index contributed by atoms with van der Waals surface area (Å²) < 4.78 is 38.5. The minimum absolute atomic E-state index is 0.370. The van der Waals surface area contributed by atoms with Gasteiger partial charge in [0.05, 0.1) is 17.2 Å². The van der Waals surface area contributed by atoms with E-state index in [1.54, 1.807) is 19.1 Å². The van der Waals surface area contributed by atoms with Crippen molar-refractivity contribution in [1.29, 1.82) is 5.26 Å². The maximum Gasteiger partial charge on any atom is 0.417 e. The zero-order chi connectivity index (χ0) is 14.8. The molecule has 1 aromatic heterocycles. The highest BCUT2D eigenvalue weighted by Crippen LogP contribution is 2.36. The molecule has 7 heteroatoms. The highest BCUT2D eigenvalue weighted by atomic mass is 32.2. The van der Waals surface area contributed by atoms with Gasteiger partial charge >= 0.3 is 6.18 Å². The second-order valence-electron chi connectivity index (χ2n) is 3.92. The molecule has 0 aliphatic carbocycles. The van der Waals surface area contributed by atoms with Crippen LogP contribution in [0.1, 0.15) is 16.8 Å². The number of benzene rings is 1. The molecule has 3 nitrogen and oxygen atoms in total. The minimum Gasteiger partial charge on any atom is -0.242 e. The Kier molecular flexibility index (Phi) is 3.95. The van der Waals surface area contributed by atoms with Crippen molar-refractivity contribution >= 4 is 11.8 Å². The predicted molar refractivity (Wildman–Crippen MR) is 67.1 cm³/mol. The van der Waals surface area contributed by atoms with Gasteiger partial charge in [0, 0.05) is 10.6 Å². The third kappa shape index (κ3) is 3.27. The van der Waals surface area contributed by atoms with Gasteiger partial charge in [0.15, 0.2) is 0 Å². The first kappa shape index (κ1) is 14.3. The molecule has 1 heterocycles. The van der Waals surface area contributed by atoms with Crippen LogP contribution in [0.4, 0.5) is 13.2 Å². The summed E-state index contributed by atoms with van der Waals surface area (Å²) in [5.41, 5.74) is -0.594. The minimum atomic E-state index is -4.55. The Morgan fingerprint density at radius 2 is 1.95 bits per heavy atom. The van der Waals surface area contributed by atoms with E-state index in [0.29, 0.717) is 9.92 Å². The molecule has 0 saturated heterocycles. The number of nitrogens with zero attached hydrogens (tertiary/aromatic N) is 3. The number of halogens is 3. The lowest BCUT2D eigenvalue weighted by Crippen LogP contribution is -2.07. The Labute approximate surface area is 117 Å². The van der Waals surface area contributed by atoms with Crippen molar-refractivity contribution < 1.29 is 13.2 Å². The van der Waals surface area contributed by atoms with E-state index in [4.69, 9.17) is 5.26 Å². The summed E-state index contributed by atoms with van der Waals surface area (Å²) >= 11 is 1.09. The summed E-state index contributed by atoms with van der Waals surface area (Å²) in [4.78, 5) is 8.26. The lowest BCUT2D eigenvalue weighted by Gasteiger charge is -2.10. The SMILES string of the molecule is Cc1cc(Sc2ccc(C#N)c(C(F)(F)F)c2)ncn1. The maximum atomic E-state index is 12.8. The van der Waals surface area contributed by atoms with Gasteiger partial charge in [-0.05, 0) is 31.2 Å². The first-order valence-corrected chi connectivity index (χ1v) is 6.29. The molecule has 0 unspecified atom stereocenters. The van der Waals surface area contributed by atoms with Crippen molar-refractivity contribution in [3.8, 4) is 6.07 Å². The molecule has 0 spiro atoms. The van der Waals surface area contributed by atoms with Crippen LogP contribution in [0.3, 0.4) is 0 Å². The molecule has 0 bridgehead atoms. The number of hydrogen-bond donors (Lipinski definition) is 0. The van der Waals surface area contributed by atoms with E-state index in [2.05, 4.69) is 9.97 Å². The second-order valence-corrected chi connectivity index (χ2v) is 5.01. The van der Waals surface area contributed by atoms with Crippen molar-refractivity contribution in [2.75, 3.05) is 0 Å². The molecule has 0 amide bonds. The molecule has 0 saturated carbocycles. The van der Waals surface area contributed by atoms with Gasteiger partial charge in [0.25, 0.3) is 0 Å². The lowest BCUT2D eigenvalue weighted by atomic mass is 10.1. The number of nitriles is 1. The molecule has 0 aliphatic rings. The molecule has 102 valence electrons. The average Bonchev–Trinajstić information content (AvgIpc) is 2.37. The predicted octanol–water partition coefficient (Wildman–Crippen LogP) is 3.83. The van der Waals surface area contributed by atoms with Crippen LogP contribution in [0.5, 0.6) is 0 Å². The number of hydrogen-bond acceptors (Lipinski definition) is 4. The number of aryl methyl sites for hydroxylation is 1. The van der Waals surface area contributed by atoms with E-state index in [9.17, 15) is 13.2 Å². The third-order valence-corrected chi connectivity index (χ3v) is 3.34. The van der Waals surface area contributed by atoms with E-state index in [1.165, 1.54) is 18.5 Å². The summed E-state index contributed by atoms with van der Waals surface area (Å²) in [7, 11) is 0. The van der Waals surface area contributed by atoms with Crippen molar-refractivity contribution in [3.05, 3.63) is 47.4 Å².